The van der Waals surface area contributed by atoms with Crippen molar-refractivity contribution in [2.75, 3.05) is 13.2 Å². The molecule has 2 aromatic rings. The summed E-state index contributed by atoms with van der Waals surface area (Å²) in [6, 6.07) is 21.0. The first-order valence-electron chi connectivity index (χ1n) is 9.35. The number of halogens is 1. The molecule has 0 aromatic heterocycles. The predicted molar refractivity (Wildman–Crippen MR) is 106 cm³/mol. The van der Waals surface area contributed by atoms with E-state index < -0.39 is 0 Å². The van der Waals surface area contributed by atoms with Crippen molar-refractivity contribution < 1.29 is 9.53 Å². The van der Waals surface area contributed by atoms with E-state index in [1.54, 1.807) is 0 Å². The molecule has 0 saturated carbocycles. The van der Waals surface area contributed by atoms with Gasteiger partial charge in [0.15, 0.2) is 0 Å². The lowest BCUT2D eigenvalue weighted by Gasteiger charge is -2.24. The monoisotopic (exact) mass is 371 g/mol. The number of nitrogens with zero attached hydrogens (tertiary/aromatic N) is 1. The Labute approximate surface area is 161 Å². The molecule has 2 aromatic carbocycles. The highest BCUT2D eigenvalue weighted by Gasteiger charge is 2.37. The van der Waals surface area contributed by atoms with Gasteiger partial charge in [-0.2, -0.15) is 0 Å². The number of fused-ring (bicyclic) bond motifs is 1. The molecule has 2 aliphatic heterocycles. The van der Waals surface area contributed by atoms with Crippen molar-refractivity contribution >= 4 is 18.4 Å². The van der Waals surface area contributed by atoms with Gasteiger partial charge in [0.25, 0.3) is 0 Å². The third-order valence-corrected chi connectivity index (χ3v) is 5.64. The average Bonchev–Trinajstić information content (AvgIpc) is 3.26. The van der Waals surface area contributed by atoms with E-state index in [1.807, 2.05) is 60.7 Å². The van der Waals surface area contributed by atoms with Gasteiger partial charge in [-0.15, -0.1) is 12.4 Å². The number of carbonyl (C=O) groups is 1. The number of hydrogen-bond donors (Lipinski definition) is 0. The Morgan fingerprint density at radius 3 is 2.19 bits per heavy atom. The molecular formula is C22H26ClNO2. The van der Waals surface area contributed by atoms with E-state index in [0.29, 0.717) is 12.6 Å². The van der Waals surface area contributed by atoms with Crippen molar-refractivity contribution in [1.82, 2.24) is 4.90 Å². The number of benzene rings is 2. The molecule has 0 bridgehead atoms. The molecule has 138 valence electrons. The van der Waals surface area contributed by atoms with Crippen molar-refractivity contribution in [3.63, 3.8) is 0 Å². The van der Waals surface area contributed by atoms with Gasteiger partial charge < -0.3 is 4.74 Å². The maximum Gasteiger partial charge on any atom is 0.317 e. The van der Waals surface area contributed by atoms with Crippen LogP contribution < -0.4 is 0 Å². The lowest BCUT2D eigenvalue weighted by molar-refractivity contribution is -0.146. The third-order valence-electron chi connectivity index (χ3n) is 5.64. The van der Waals surface area contributed by atoms with Crippen LogP contribution in [0.15, 0.2) is 60.7 Å². The van der Waals surface area contributed by atoms with Crippen LogP contribution in [0, 0.1) is 0 Å². The first kappa shape index (κ1) is 18.9. The number of ether oxygens (including phenoxy) is 1. The second kappa shape index (κ2) is 8.70. The minimum absolute atomic E-state index is 0. The zero-order chi connectivity index (χ0) is 17.1. The maximum absolute atomic E-state index is 13.0. The fourth-order valence-corrected chi connectivity index (χ4v) is 4.40. The summed E-state index contributed by atoms with van der Waals surface area (Å²) < 4.78 is 5.82. The summed E-state index contributed by atoms with van der Waals surface area (Å²) in [5.41, 5.74) is 1.98. The summed E-state index contributed by atoms with van der Waals surface area (Å²) in [5, 5.41) is 0. The summed E-state index contributed by atoms with van der Waals surface area (Å²) in [7, 11) is 0. The van der Waals surface area contributed by atoms with Crippen molar-refractivity contribution in [3.05, 3.63) is 71.8 Å². The Morgan fingerprint density at radius 2 is 1.58 bits per heavy atom. The van der Waals surface area contributed by atoms with Crippen LogP contribution in [0.25, 0.3) is 0 Å². The van der Waals surface area contributed by atoms with Crippen LogP contribution in [0.3, 0.4) is 0 Å². The molecule has 2 atom stereocenters. The smallest absolute Gasteiger partial charge is 0.317 e. The Hall–Kier alpha value is -1.84. The zero-order valence-corrected chi connectivity index (χ0v) is 15.7. The molecule has 2 heterocycles. The van der Waals surface area contributed by atoms with Crippen LogP contribution in [-0.4, -0.2) is 36.1 Å². The molecule has 0 spiro atoms. The molecule has 0 radical (unpaired) electrons. The van der Waals surface area contributed by atoms with Crippen LogP contribution in [-0.2, 0) is 9.53 Å². The van der Waals surface area contributed by atoms with Crippen molar-refractivity contribution in [3.8, 4) is 0 Å². The molecule has 4 heteroatoms. The molecule has 4 rings (SSSR count). The van der Waals surface area contributed by atoms with Crippen molar-refractivity contribution in [1.29, 1.82) is 0 Å². The van der Waals surface area contributed by atoms with E-state index in [2.05, 4.69) is 4.90 Å². The van der Waals surface area contributed by atoms with Gasteiger partial charge in [0.05, 0.1) is 0 Å². The van der Waals surface area contributed by atoms with Gasteiger partial charge in [0, 0.05) is 12.1 Å². The van der Waals surface area contributed by atoms with E-state index >= 15 is 0 Å². The lowest BCUT2D eigenvalue weighted by atomic mass is 9.91. The molecule has 0 aliphatic carbocycles. The Kier molecular flexibility index (Phi) is 6.33. The fourth-order valence-electron chi connectivity index (χ4n) is 4.40. The van der Waals surface area contributed by atoms with Crippen LogP contribution in [0.5, 0.6) is 0 Å². The van der Waals surface area contributed by atoms with Gasteiger partial charge in [0.1, 0.15) is 12.5 Å². The van der Waals surface area contributed by atoms with E-state index in [1.165, 1.54) is 19.3 Å². The number of carbonyl (C=O) groups excluding carboxylic acids is 1. The molecule has 2 fully saturated rings. The number of hydrogen-bond acceptors (Lipinski definition) is 3. The van der Waals surface area contributed by atoms with E-state index in [4.69, 9.17) is 4.74 Å². The minimum atomic E-state index is -0.349. The van der Waals surface area contributed by atoms with E-state index in [0.717, 1.165) is 30.1 Å². The quantitative estimate of drug-likeness (QED) is 0.729. The van der Waals surface area contributed by atoms with Gasteiger partial charge in [-0.05, 0) is 43.4 Å². The summed E-state index contributed by atoms with van der Waals surface area (Å²) in [5.74, 6) is -0.488. The number of rotatable bonds is 5. The van der Waals surface area contributed by atoms with Gasteiger partial charge in [-0.3, -0.25) is 9.69 Å². The zero-order valence-electron chi connectivity index (χ0n) is 14.9. The lowest BCUT2D eigenvalue weighted by Crippen LogP contribution is -2.35. The molecule has 0 N–H and O–H groups in total. The SMILES string of the molecule is Cl.O=C(OC[C@H]1CC[C@@H]2CCCN21)C(c1ccccc1)c1ccccc1. The number of esters is 1. The Bertz CT molecular complexity index is 667. The molecule has 2 saturated heterocycles. The molecule has 2 aliphatic rings. The molecule has 0 unspecified atom stereocenters. The van der Waals surface area contributed by atoms with E-state index in [9.17, 15) is 4.79 Å². The van der Waals surface area contributed by atoms with Gasteiger partial charge in [0.2, 0.25) is 0 Å². The molecule has 0 amide bonds. The van der Waals surface area contributed by atoms with Crippen molar-refractivity contribution in [2.45, 2.75) is 43.7 Å². The highest BCUT2D eigenvalue weighted by atomic mass is 35.5. The Morgan fingerprint density at radius 1 is 0.962 bits per heavy atom. The van der Waals surface area contributed by atoms with Gasteiger partial charge in [-0.1, -0.05) is 60.7 Å². The molecule has 3 nitrogen and oxygen atoms in total. The van der Waals surface area contributed by atoms with Gasteiger partial charge >= 0.3 is 5.97 Å². The molecular weight excluding hydrogens is 346 g/mol. The van der Waals surface area contributed by atoms with Crippen LogP contribution in [0.4, 0.5) is 0 Å². The first-order chi connectivity index (χ1) is 12.3. The topological polar surface area (TPSA) is 29.5 Å². The molecule has 26 heavy (non-hydrogen) atoms. The van der Waals surface area contributed by atoms with Crippen LogP contribution >= 0.6 is 12.4 Å². The van der Waals surface area contributed by atoms with Gasteiger partial charge in [-0.25, -0.2) is 0 Å². The average molecular weight is 372 g/mol. The summed E-state index contributed by atoms with van der Waals surface area (Å²) in [4.78, 5) is 15.5. The minimum Gasteiger partial charge on any atom is -0.463 e. The Balaban J connectivity index is 0.00000196. The third kappa shape index (κ3) is 3.94. The summed E-state index contributed by atoms with van der Waals surface area (Å²) in [6.45, 7) is 1.68. The van der Waals surface area contributed by atoms with Crippen molar-refractivity contribution in [2.24, 2.45) is 0 Å². The highest BCUT2D eigenvalue weighted by Crippen LogP contribution is 2.33. The normalized spacial score (nSPS) is 22.0. The van der Waals surface area contributed by atoms with Crippen LogP contribution in [0.1, 0.15) is 42.7 Å². The van der Waals surface area contributed by atoms with E-state index in [-0.39, 0.29) is 24.3 Å². The summed E-state index contributed by atoms with van der Waals surface area (Å²) in [6.07, 6.45) is 5.00. The highest BCUT2D eigenvalue weighted by molar-refractivity contribution is 5.85. The predicted octanol–water partition coefficient (Wildman–Crippen LogP) is 4.41. The fraction of sp³-hybridized carbons (Fsp3) is 0.409. The summed E-state index contributed by atoms with van der Waals surface area (Å²) >= 11 is 0. The van der Waals surface area contributed by atoms with Crippen LogP contribution in [0.2, 0.25) is 0 Å². The second-order valence-electron chi connectivity index (χ2n) is 7.15. The second-order valence-corrected chi connectivity index (χ2v) is 7.15. The maximum atomic E-state index is 13.0. The largest absolute Gasteiger partial charge is 0.463 e. The first-order valence-corrected chi connectivity index (χ1v) is 9.35. The standard InChI is InChI=1S/C22H25NO2.ClH/c24-22(25-16-20-14-13-19-12-7-15-23(19)20)21(17-8-3-1-4-9-17)18-10-5-2-6-11-18;/h1-6,8-11,19-21H,7,12-16H2;1H/t19-,20+;/m0./s1.